The molecule has 0 aliphatic carbocycles. The van der Waals surface area contributed by atoms with Gasteiger partial charge in [0.15, 0.2) is 5.41 Å². The Balaban J connectivity index is 0. The summed E-state index contributed by atoms with van der Waals surface area (Å²) in [6, 6.07) is 0. The molecular weight excluding hydrogens is 430 g/mol. The summed E-state index contributed by atoms with van der Waals surface area (Å²) in [7, 11) is 0. The predicted molar refractivity (Wildman–Crippen MR) is 102 cm³/mol. The van der Waals surface area contributed by atoms with Crippen LogP contribution in [0.25, 0.3) is 0 Å². The average Bonchev–Trinajstić information content (AvgIpc) is 2.51. The number of carboxylic acid groups (broad SMARTS) is 2. The fourth-order valence-electron chi connectivity index (χ4n) is 3.06. The van der Waals surface area contributed by atoms with Crippen molar-refractivity contribution in [2.24, 2.45) is 5.41 Å². The molecule has 140 valence electrons. The summed E-state index contributed by atoms with van der Waals surface area (Å²) in [5, 5.41) is 19.0. The van der Waals surface area contributed by atoms with E-state index >= 15 is 0 Å². The second kappa shape index (κ2) is 17.0. The predicted octanol–water partition coefficient (Wildman–Crippen LogP) is 4.73. The molecule has 0 saturated carbocycles. The van der Waals surface area contributed by atoms with E-state index in [2.05, 4.69) is 13.8 Å². The van der Waals surface area contributed by atoms with Crippen molar-refractivity contribution in [1.29, 1.82) is 0 Å². The van der Waals surface area contributed by atoms with Gasteiger partial charge in [0.25, 0.3) is 0 Å². The summed E-state index contributed by atoms with van der Waals surface area (Å²) in [4.78, 5) is 23.2. The molecule has 0 aromatic carbocycles. The van der Waals surface area contributed by atoms with Crippen molar-refractivity contribution >= 4 is 60.8 Å². The molecule has 0 rings (SSSR count). The molecule has 0 amide bonds. The van der Waals surface area contributed by atoms with Crippen molar-refractivity contribution in [3.63, 3.8) is 0 Å². The number of hydrogen-bond donors (Lipinski definition) is 2. The molecule has 0 unspecified atom stereocenters. The third-order valence-electron chi connectivity index (χ3n) is 4.73. The van der Waals surface area contributed by atoms with Gasteiger partial charge in [0.05, 0.1) is 0 Å². The molecule has 0 heterocycles. The molecule has 0 aromatic heterocycles. The Morgan fingerprint density at radius 1 is 0.625 bits per heavy atom. The Morgan fingerprint density at radius 2 is 0.917 bits per heavy atom. The van der Waals surface area contributed by atoms with Gasteiger partial charge < -0.3 is 10.2 Å². The minimum atomic E-state index is -1.57. The zero-order valence-electron chi connectivity index (χ0n) is 15.1. The molecule has 0 spiro atoms. The van der Waals surface area contributed by atoms with Crippen LogP contribution in [0.4, 0.5) is 0 Å². The van der Waals surface area contributed by atoms with Crippen LogP contribution in [0, 0.1) is 5.41 Å². The Hall–Kier alpha value is 0.511. The van der Waals surface area contributed by atoms with Gasteiger partial charge in [0, 0.05) is 0 Å². The van der Waals surface area contributed by atoms with E-state index in [1.165, 1.54) is 25.7 Å². The summed E-state index contributed by atoms with van der Waals surface area (Å²) >= 11 is 0. The molecule has 0 aliphatic heterocycles. The van der Waals surface area contributed by atoms with Crippen molar-refractivity contribution < 1.29 is 19.8 Å². The fourth-order valence-corrected chi connectivity index (χ4v) is 3.06. The molecule has 0 fully saturated rings. The molecule has 0 aromatic rings. The summed E-state index contributed by atoms with van der Waals surface area (Å²) in [6.07, 6.45) is 13.0. The van der Waals surface area contributed by atoms with Gasteiger partial charge in [-0.1, -0.05) is 90.9 Å². The first-order chi connectivity index (χ1) is 11.0. The molecule has 2 N–H and O–H groups in total. The molecule has 5 heteroatoms. The summed E-state index contributed by atoms with van der Waals surface area (Å²) in [6.45, 7) is 4.31. The van der Waals surface area contributed by atoms with Gasteiger partial charge in [0.1, 0.15) is 0 Å². The molecular formula is C19H38BaO4. The van der Waals surface area contributed by atoms with Gasteiger partial charge in [-0.15, -0.1) is 0 Å². The molecule has 0 atom stereocenters. The fraction of sp³-hybridized carbons (Fsp3) is 0.895. The maximum absolute atomic E-state index is 11.6. The van der Waals surface area contributed by atoms with Crippen LogP contribution < -0.4 is 0 Å². The quantitative estimate of drug-likeness (QED) is 0.195. The van der Waals surface area contributed by atoms with Crippen LogP contribution in [-0.4, -0.2) is 71.0 Å². The first kappa shape index (κ1) is 26.7. The van der Waals surface area contributed by atoms with Gasteiger partial charge >= 0.3 is 60.8 Å². The van der Waals surface area contributed by atoms with Crippen LogP contribution >= 0.6 is 0 Å². The van der Waals surface area contributed by atoms with Crippen LogP contribution in [0.5, 0.6) is 0 Å². The molecule has 4 nitrogen and oxygen atoms in total. The second-order valence-corrected chi connectivity index (χ2v) is 6.73. The van der Waals surface area contributed by atoms with Crippen LogP contribution in [0.15, 0.2) is 0 Å². The Morgan fingerprint density at radius 3 is 1.21 bits per heavy atom. The van der Waals surface area contributed by atoms with Gasteiger partial charge in [-0.2, -0.15) is 0 Å². The van der Waals surface area contributed by atoms with Gasteiger partial charge in [-0.05, 0) is 12.8 Å². The van der Waals surface area contributed by atoms with Crippen LogP contribution in [0.2, 0.25) is 0 Å². The number of carboxylic acids is 2. The van der Waals surface area contributed by atoms with Crippen LogP contribution in [0.3, 0.4) is 0 Å². The van der Waals surface area contributed by atoms with E-state index in [0.29, 0.717) is 12.8 Å². The van der Waals surface area contributed by atoms with Crippen molar-refractivity contribution in [2.75, 3.05) is 0 Å². The zero-order chi connectivity index (χ0) is 17.6. The van der Waals surface area contributed by atoms with E-state index in [1.807, 2.05) is 0 Å². The van der Waals surface area contributed by atoms with Crippen molar-refractivity contribution in [2.45, 2.75) is 104 Å². The number of rotatable bonds is 16. The van der Waals surface area contributed by atoms with E-state index in [1.54, 1.807) is 0 Å². The van der Waals surface area contributed by atoms with E-state index < -0.39 is 17.4 Å². The number of unbranched alkanes of at least 4 members (excludes halogenated alkanes) is 10. The summed E-state index contributed by atoms with van der Waals surface area (Å²) in [5.41, 5.74) is -1.57. The average molecular weight is 468 g/mol. The third-order valence-corrected chi connectivity index (χ3v) is 4.73. The number of carbonyl (C=O) groups is 2. The molecule has 0 bridgehead atoms. The van der Waals surface area contributed by atoms with Crippen molar-refractivity contribution in [1.82, 2.24) is 0 Å². The van der Waals surface area contributed by atoms with E-state index in [0.717, 1.165) is 38.5 Å². The summed E-state index contributed by atoms with van der Waals surface area (Å²) in [5.74, 6) is -2.32. The maximum atomic E-state index is 11.6. The third kappa shape index (κ3) is 11.2. The summed E-state index contributed by atoms with van der Waals surface area (Å²) < 4.78 is 0. The molecule has 0 radical (unpaired) electrons. The first-order valence-corrected chi connectivity index (χ1v) is 9.48. The van der Waals surface area contributed by atoms with Gasteiger partial charge in [0.2, 0.25) is 0 Å². The molecule has 0 aliphatic rings. The molecule has 24 heavy (non-hydrogen) atoms. The monoisotopic (exact) mass is 468 g/mol. The first-order valence-electron chi connectivity index (χ1n) is 9.48. The van der Waals surface area contributed by atoms with E-state index in [-0.39, 0.29) is 61.7 Å². The Kier molecular flexibility index (Phi) is 18.9. The van der Waals surface area contributed by atoms with Crippen molar-refractivity contribution in [3.8, 4) is 0 Å². The topological polar surface area (TPSA) is 74.6 Å². The normalized spacial score (nSPS) is 11.1. The van der Waals surface area contributed by atoms with Crippen LogP contribution in [-0.2, 0) is 9.59 Å². The van der Waals surface area contributed by atoms with Crippen molar-refractivity contribution in [3.05, 3.63) is 0 Å². The second-order valence-electron chi connectivity index (χ2n) is 6.73. The van der Waals surface area contributed by atoms with Gasteiger partial charge in [-0.3, -0.25) is 9.59 Å². The van der Waals surface area contributed by atoms with Gasteiger partial charge in [-0.25, -0.2) is 0 Å². The van der Waals surface area contributed by atoms with Crippen LogP contribution in [0.1, 0.15) is 104 Å². The van der Waals surface area contributed by atoms with E-state index in [4.69, 9.17) is 0 Å². The molecule has 0 saturated heterocycles. The standard InChI is InChI=1S/C19H36O4.Ba.2H/c1-3-5-7-9-11-13-15-19(17(20)21,18(22)23)16-14-12-10-8-6-4-2;;;/h3-16H2,1-2H3,(H,20,21)(H,22,23);;;. The van der Waals surface area contributed by atoms with E-state index in [9.17, 15) is 19.8 Å². The SMILES string of the molecule is CCCCCCCCC(CCCCCCCC)(C(=O)O)C(=O)O.[BaH2]. The minimum absolute atomic E-state index is 0. The number of aliphatic carboxylic acids is 2. The number of hydrogen-bond acceptors (Lipinski definition) is 2. The Labute approximate surface area is 188 Å². The Bertz CT molecular complexity index is 299. The zero-order valence-corrected chi connectivity index (χ0v) is 15.1.